The number of ether oxygens (including phenoxy) is 1. The van der Waals surface area contributed by atoms with E-state index in [1.807, 2.05) is 30.3 Å². The molecule has 2 aromatic rings. The quantitative estimate of drug-likeness (QED) is 0.461. The molecule has 2 aliphatic rings. The van der Waals surface area contributed by atoms with Gasteiger partial charge in [-0.15, -0.1) is 0 Å². The van der Waals surface area contributed by atoms with Crippen LogP contribution in [0.1, 0.15) is 16.8 Å². The number of benzene rings is 1. The molecule has 0 atom stereocenters. The van der Waals surface area contributed by atoms with Crippen molar-refractivity contribution in [3.8, 4) is 34.1 Å². The average molecular weight is 376 g/mol. The van der Waals surface area contributed by atoms with E-state index in [-0.39, 0.29) is 6.61 Å². The molecule has 1 aromatic carbocycles. The van der Waals surface area contributed by atoms with Gasteiger partial charge in [0.15, 0.2) is 5.82 Å². The van der Waals surface area contributed by atoms with Gasteiger partial charge < -0.3 is 20.8 Å². The van der Waals surface area contributed by atoms with E-state index in [1.165, 1.54) is 0 Å². The van der Waals surface area contributed by atoms with Gasteiger partial charge in [-0.1, -0.05) is 12.1 Å². The maximum atomic E-state index is 10.2. The molecule has 0 spiro atoms. The third-order valence-electron chi connectivity index (χ3n) is 4.59. The van der Waals surface area contributed by atoms with Crippen molar-refractivity contribution in [3.63, 3.8) is 0 Å². The van der Waals surface area contributed by atoms with E-state index in [1.54, 1.807) is 31.5 Å². The van der Waals surface area contributed by atoms with Gasteiger partial charge in [-0.05, 0) is 48.4 Å². The zero-order valence-corrected chi connectivity index (χ0v) is 15.3. The minimum atomic E-state index is -0.0716. The van der Waals surface area contributed by atoms with E-state index in [4.69, 9.17) is 10.5 Å². The molecule has 0 saturated carbocycles. The summed E-state index contributed by atoms with van der Waals surface area (Å²) in [6.07, 6.45) is 3.32. The standard InChI is InChI=1S/C21H20N4O3/c1-13-7-18(17-5-6-23-20(17)25(13)27)19-9-15(10-22)11-24-21(19)28-16-4-2-3-14(8-16)12-26/h2-9,11,26-27H,10,12,22H2,1H3. The van der Waals surface area contributed by atoms with Crippen molar-refractivity contribution >= 4 is 0 Å². The number of aryl methyl sites for hydroxylation is 1. The summed E-state index contributed by atoms with van der Waals surface area (Å²) in [5, 5.41) is 19.6. The van der Waals surface area contributed by atoms with Gasteiger partial charge >= 0.3 is 0 Å². The molecule has 4 rings (SSSR count). The van der Waals surface area contributed by atoms with Gasteiger partial charge in [0.1, 0.15) is 5.75 Å². The summed E-state index contributed by atoms with van der Waals surface area (Å²) in [7, 11) is 0. The lowest BCUT2D eigenvalue weighted by Gasteiger charge is -2.17. The maximum absolute atomic E-state index is 10.2. The van der Waals surface area contributed by atoms with Crippen LogP contribution < -0.4 is 10.5 Å². The van der Waals surface area contributed by atoms with E-state index in [0.717, 1.165) is 32.5 Å². The molecule has 7 heteroatoms. The molecule has 28 heavy (non-hydrogen) atoms. The molecule has 0 fully saturated rings. The van der Waals surface area contributed by atoms with Gasteiger partial charge in [-0.3, -0.25) is 0 Å². The van der Waals surface area contributed by atoms with Crippen LogP contribution in [-0.4, -0.2) is 25.0 Å². The number of pyridine rings is 2. The average Bonchev–Trinajstić information content (AvgIpc) is 3.21. The normalized spacial score (nSPS) is 11.1. The number of nitrogens with two attached hydrogens (primary N) is 1. The van der Waals surface area contributed by atoms with Crippen molar-refractivity contribution in [2.24, 2.45) is 5.73 Å². The van der Waals surface area contributed by atoms with Crippen LogP contribution in [0.25, 0.3) is 22.5 Å². The molecule has 1 aromatic heterocycles. The number of hydrogen-bond donors (Lipinski definition) is 3. The number of nitrogens with zero attached hydrogens (tertiary/aromatic N) is 3. The summed E-state index contributed by atoms with van der Waals surface area (Å²) < 4.78 is 7.11. The van der Waals surface area contributed by atoms with Crippen LogP contribution >= 0.6 is 0 Å². The molecule has 4 N–H and O–H groups in total. The van der Waals surface area contributed by atoms with Crippen LogP contribution in [0.2, 0.25) is 0 Å². The highest BCUT2D eigenvalue weighted by atomic mass is 16.5. The zero-order valence-electron chi connectivity index (χ0n) is 15.3. The number of fused-ring (bicyclic) bond motifs is 1. The number of aromatic nitrogens is 3. The molecule has 0 radical (unpaired) electrons. The van der Waals surface area contributed by atoms with Crippen molar-refractivity contribution in [2.45, 2.75) is 20.1 Å². The predicted octanol–water partition coefficient (Wildman–Crippen LogP) is 3.34. The second-order valence-corrected chi connectivity index (χ2v) is 6.50. The highest BCUT2D eigenvalue weighted by molar-refractivity contribution is 5.84. The predicted molar refractivity (Wildman–Crippen MR) is 104 cm³/mol. The largest absolute Gasteiger partial charge is 0.438 e. The Morgan fingerprint density at radius 2 is 1.89 bits per heavy atom. The second kappa shape index (κ2) is 7.30. The molecule has 0 aliphatic carbocycles. The molecular formula is C21H20N4O3. The lowest BCUT2D eigenvalue weighted by molar-refractivity contribution is 0.180. The fourth-order valence-electron chi connectivity index (χ4n) is 3.14. The molecule has 3 heterocycles. The fraction of sp³-hybridized carbons (Fsp3) is 0.143. The van der Waals surface area contributed by atoms with E-state index in [9.17, 15) is 10.3 Å². The van der Waals surface area contributed by atoms with Crippen molar-refractivity contribution < 1.29 is 15.1 Å². The van der Waals surface area contributed by atoms with Gasteiger partial charge in [0, 0.05) is 35.6 Å². The highest BCUT2D eigenvalue weighted by Crippen LogP contribution is 2.39. The van der Waals surface area contributed by atoms with Crippen LogP contribution in [0, 0.1) is 6.92 Å². The molecule has 0 amide bonds. The summed E-state index contributed by atoms with van der Waals surface area (Å²) in [5.41, 5.74) is 10.4. The van der Waals surface area contributed by atoms with Gasteiger partial charge in [0.2, 0.25) is 5.88 Å². The lowest BCUT2D eigenvalue weighted by Crippen LogP contribution is -2.06. The Labute approximate surface area is 162 Å². The van der Waals surface area contributed by atoms with E-state index >= 15 is 0 Å². The van der Waals surface area contributed by atoms with Gasteiger partial charge in [-0.2, -0.15) is 4.73 Å². The van der Waals surface area contributed by atoms with Gasteiger partial charge in [-0.25, -0.2) is 9.97 Å². The zero-order chi connectivity index (χ0) is 19.7. The lowest BCUT2D eigenvalue weighted by atomic mass is 9.99. The Kier molecular flexibility index (Phi) is 4.68. The summed E-state index contributed by atoms with van der Waals surface area (Å²) in [6, 6.07) is 12.8. The third kappa shape index (κ3) is 3.17. The smallest absolute Gasteiger partial charge is 0.227 e. The SMILES string of the molecule is Cc1cc(-c2cc(CN)cnc2Oc2cccc(CO)c2)c2ccnc-2n1O. The van der Waals surface area contributed by atoms with Crippen LogP contribution in [0.15, 0.2) is 54.9 Å². The van der Waals surface area contributed by atoms with Crippen LogP contribution in [0.4, 0.5) is 0 Å². The molecule has 0 bridgehead atoms. The Bertz CT molecular complexity index is 1110. The Morgan fingerprint density at radius 1 is 1.04 bits per heavy atom. The van der Waals surface area contributed by atoms with Crippen molar-refractivity contribution in [1.29, 1.82) is 0 Å². The second-order valence-electron chi connectivity index (χ2n) is 6.50. The summed E-state index contributed by atoms with van der Waals surface area (Å²) in [5.74, 6) is 1.44. The molecule has 0 saturated heterocycles. The van der Waals surface area contributed by atoms with Crippen molar-refractivity contribution in [1.82, 2.24) is 14.7 Å². The minimum Gasteiger partial charge on any atom is -0.438 e. The van der Waals surface area contributed by atoms with Crippen molar-refractivity contribution in [3.05, 3.63) is 71.7 Å². The first kappa shape index (κ1) is 18.0. The summed E-state index contributed by atoms with van der Waals surface area (Å²) in [4.78, 5) is 8.71. The molecule has 7 nitrogen and oxygen atoms in total. The Balaban J connectivity index is 1.87. The first-order chi connectivity index (χ1) is 13.6. The van der Waals surface area contributed by atoms with Gasteiger partial charge in [0.05, 0.1) is 12.3 Å². The van der Waals surface area contributed by atoms with Crippen molar-refractivity contribution in [2.75, 3.05) is 0 Å². The minimum absolute atomic E-state index is 0.0716. The fourth-order valence-corrected chi connectivity index (χ4v) is 3.14. The van der Waals surface area contributed by atoms with Gasteiger partial charge in [0.25, 0.3) is 0 Å². The van der Waals surface area contributed by atoms with E-state index in [2.05, 4.69) is 9.97 Å². The first-order valence-electron chi connectivity index (χ1n) is 8.84. The number of aliphatic hydroxyl groups is 1. The van der Waals surface area contributed by atoms with Crippen LogP contribution in [-0.2, 0) is 13.2 Å². The van der Waals surface area contributed by atoms with E-state index in [0.29, 0.717) is 29.7 Å². The monoisotopic (exact) mass is 376 g/mol. The molecular weight excluding hydrogens is 356 g/mol. The van der Waals surface area contributed by atoms with Crippen LogP contribution in [0.3, 0.4) is 0 Å². The molecule has 142 valence electrons. The highest BCUT2D eigenvalue weighted by Gasteiger charge is 2.21. The maximum Gasteiger partial charge on any atom is 0.227 e. The molecule has 0 unspecified atom stereocenters. The van der Waals surface area contributed by atoms with Crippen LogP contribution in [0.5, 0.6) is 11.6 Å². The number of aliphatic hydroxyl groups excluding tert-OH is 1. The molecule has 2 aliphatic heterocycles. The summed E-state index contributed by atoms with van der Waals surface area (Å²) >= 11 is 0. The third-order valence-corrected chi connectivity index (χ3v) is 4.59. The number of hydrogen-bond acceptors (Lipinski definition) is 6. The Hall–Kier alpha value is -3.42. The first-order valence-corrected chi connectivity index (χ1v) is 8.84. The number of rotatable bonds is 5. The van der Waals surface area contributed by atoms with E-state index < -0.39 is 0 Å². The summed E-state index contributed by atoms with van der Waals surface area (Å²) in [6.45, 7) is 2.06. The topological polar surface area (TPSA) is 106 Å². The Morgan fingerprint density at radius 3 is 2.68 bits per heavy atom.